The first-order valence-electron chi connectivity index (χ1n) is 7.07. The van der Waals surface area contributed by atoms with Crippen LogP contribution in [-0.2, 0) is 28.5 Å². The Morgan fingerprint density at radius 1 is 1.04 bits per heavy atom. The lowest BCUT2D eigenvalue weighted by molar-refractivity contribution is -0.140. The highest BCUT2D eigenvalue weighted by molar-refractivity contribution is 6.33. The van der Waals surface area contributed by atoms with Crippen LogP contribution in [0.1, 0.15) is 10.4 Å². The number of hydrogen-bond donors (Lipinski definition) is 0. The lowest BCUT2D eigenvalue weighted by Gasteiger charge is -2.32. The zero-order valence-corrected chi connectivity index (χ0v) is 14.6. The van der Waals surface area contributed by atoms with Crippen molar-refractivity contribution in [1.29, 1.82) is 0 Å². The van der Waals surface area contributed by atoms with Crippen LogP contribution in [0.15, 0.2) is 29.5 Å². The van der Waals surface area contributed by atoms with E-state index in [1.54, 1.807) is 0 Å². The molecular weight excluding hydrogens is 354 g/mol. The minimum atomic E-state index is -0.761. The van der Waals surface area contributed by atoms with E-state index in [4.69, 9.17) is 25.8 Å². The topological polar surface area (TPSA) is 91.4 Å². The monoisotopic (exact) mass is 369 g/mol. The molecule has 0 saturated carbocycles. The van der Waals surface area contributed by atoms with Crippen LogP contribution in [0.4, 0.5) is 5.69 Å². The molecule has 1 aliphatic heterocycles. The Hall–Kier alpha value is -2.58. The van der Waals surface area contributed by atoms with Crippen LogP contribution >= 0.6 is 11.6 Å². The van der Waals surface area contributed by atoms with Crippen LogP contribution in [0.2, 0.25) is 5.02 Å². The van der Waals surface area contributed by atoms with Gasteiger partial charge in [-0.1, -0.05) is 11.6 Å². The summed E-state index contributed by atoms with van der Waals surface area (Å²) in [5.41, 5.74) is 0.423. The predicted molar refractivity (Wildman–Crippen MR) is 87.1 cm³/mol. The molecule has 1 aliphatic rings. The highest BCUT2D eigenvalue weighted by Gasteiger charge is 2.33. The molecule has 1 aromatic rings. The van der Waals surface area contributed by atoms with Crippen molar-refractivity contribution in [2.45, 2.75) is 0 Å². The number of benzene rings is 1. The van der Waals surface area contributed by atoms with Crippen molar-refractivity contribution in [3.63, 3.8) is 0 Å². The molecular formula is C16H16ClNO7. The van der Waals surface area contributed by atoms with Crippen molar-refractivity contribution >= 4 is 35.2 Å². The van der Waals surface area contributed by atoms with E-state index in [0.717, 1.165) is 0 Å². The summed E-state index contributed by atoms with van der Waals surface area (Å²) in [6, 6.07) is 4.39. The van der Waals surface area contributed by atoms with Gasteiger partial charge in [0.25, 0.3) is 0 Å². The second-order valence-electron chi connectivity index (χ2n) is 4.87. The molecule has 25 heavy (non-hydrogen) atoms. The Morgan fingerprint density at radius 2 is 1.68 bits per heavy atom. The van der Waals surface area contributed by atoms with Crippen LogP contribution in [0, 0.1) is 0 Å². The number of anilines is 1. The molecule has 0 aromatic heterocycles. The molecule has 8 nitrogen and oxygen atoms in total. The van der Waals surface area contributed by atoms with Gasteiger partial charge in [-0.05, 0) is 18.2 Å². The third kappa shape index (κ3) is 3.75. The third-order valence-electron chi connectivity index (χ3n) is 3.49. The quantitative estimate of drug-likeness (QED) is 0.582. The zero-order chi connectivity index (χ0) is 18.6. The fraction of sp³-hybridized carbons (Fsp3) is 0.312. The summed E-state index contributed by atoms with van der Waals surface area (Å²) in [5.74, 6) is -2.07. The second-order valence-corrected chi connectivity index (χ2v) is 5.28. The van der Waals surface area contributed by atoms with Gasteiger partial charge < -0.3 is 23.8 Å². The lowest BCUT2D eigenvalue weighted by Crippen LogP contribution is -2.39. The maximum atomic E-state index is 12.2. The molecule has 0 fully saturated rings. The average Bonchev–Trinajstić information content (AvgIpc) is 2.65. The molecule has 0 saturated heterocycles. The van der Waals surface area contributed by atoms with Crippen LogP contribution in [-0.4, -0.2) is 52.6 Å². The van der Waals surface area contributed by atoms with Crippen LogP contribution in [0.25, 0.3) is 0 Å². The van der Waals surface area contributed by atoms with Gasteiger partial charge in [-0.15, -0.1) is 0 Å². The van der Waals surface area contributed by atoms with Crippen molar-refractivity contribution in [1.82, 2.24) is 0 Å². The summed E-state index contributed by atoms with van der Waals surface area (Å²) >= 11 is 6.21. The molecule has 0 amide bonds. The number of carbonyl (C=O) groups excluding carboxylic acids is 3. The molecule has 0 atom stereocenters. The maximum Gasteiger partial charge on any atom is 0.355 e. The fourth-order valence-corrected chi connectivity index (χ4v) is 2.52. The van der Waals surface area contributed by atoms with E-state index < -0.39 is 17.9 Å². The summed E-state index contributed by atoms with van der Waals surface area (Å²) in [5, 5.41) is 0.240. The van der Waals surface area contributed by atoms with E-state index in [9.17, 15) is 14.4 Å². The Labute approximate surface area is 148 Å². The van der Waals surface area contributed by atoms with Crippen molar-refractivity contribution in [3.8, 4) is 0 Å². The summed E-state index contributed by atoms with van der Waals surface area (Å²) < 4.78 is 19.5. The van der Waals surface area contributed by atoms with Gasteiger partial charge in [0.1, 0.15) is 12.4 Å². The second kappa shape index (κ2) is 8.00. The van der Waals surface area contributed by atoms with E-state index in [2.05, 4.69) is 4.74 Å². The van der Waals surface area contributed by atoms with Gasteiger partial charge >= 0.3 is 17.9 Å². The SMILES string of the molecule is COC(=O)C1=C(C(=O)OC)N(c2cc(C(=O)OC)ccc2Cl)COC1. The lowest BCUT2D eigenvalue weighted by atomic mass is 10.1. The number of halogens is 1. The third-order valence-corrected chi connectivity index (χ3v) is 3.81. The molecule has 0 aliphatic carbocycles. The number of rotatable bonds is 4. The van der Waals surface area contributed by atoms with Gasteiger partial charge in [0.15, 0.2) is 0 Å². The normalized spacial score (nSPS) is 14.2. The van der Waals surface area contributed by atoms with Gasteiger partial charge in [-0.25, -0.2) is 14.4 Å². The summed E-state index contributed by atoms with van der Waals surface area (Å²) in [6.45, 7) is -0.197. The molecule has 0 unspecified atom stereocenters. The number of hydrogen-bond acceptors (Lipinski definition) is 8. The summed E-state index contributed by atoms with van der Waals surface area (Å²) in [6.07, 6.45) is 0. The molecule has 2 rings (SSSR count). The number of ether oxygens (including phenoxy) is 4. The summed E-state index contributed by atoms with van der Waals surface area (Å²) in [4.78, 5) is 37.3. The molecule has 0 bridgehead atoms. The maximum absolute atomic E-state index is 12.2. The van der Waals surface area contributed by atoms with E-state index in [1.165, 1.54) is 44.4 Å². The Morgan fingerprint density at radius 3 is 2.28 bits per heavy atom. The first kappa shape index (κ1) is 18.8. The Balaban J connectivity index is 2.61. The van der Waals surface area contributed by atoms with Crippen LogP contribution in [0.5, 0.6) is 0 Å². The molecule has 0 N–H and O–H groups in total. The van der Waals surface area contributed by atoms with Gasteiger partial charge in [0.2, 0.25) is 0 Å². The smallest absolute Gasteiger partial charge is 0.355 e. The van der Waals surface area contributed by atoms with Crippen molar-refractivity contribution < 1.29 is 33.3 Å². The van der Waals surface area contributed by atoms with E-state index in [1.807, 2.05) is 0 Å². The highest BCUT2D eigenvalue weighted by Crippen LogP contribution is 2.33. The Kier molecular flexibility index (Phi) is 6.00. The number of nitrogens with zero attached hydrogens (tertiary/aromatic N) is 1. The number of carbonyl (C=O) groups is 3. The Bertz CT molecular complexity index is 744. The minimum absolute atomic E-state index is 0.0138. The predicted octanol–water partition coefficient (Wildman–Crippen LogP) is 1.52. The largest absolute Gasteiger partial charge is 0.466 e. The van der Waals surface area contributed by atoms with Crippen LogP contribution < -0.4 is 4.90 Å². The first-order chi connectivity index (χ1) is 11.9. The van der Waals surface area contributed by atoms with Gasteiger partial charge in [0.05, 0.1) is 49.8 Å². The van der Waals surface area contributed by atoms with Crippen LogP contribution in [0.3, 0.4) is 0 Å². The zero-order valence-electron chi connectivity index (χ0n) is 13.8. The van der Waals surface area contributed by atoms with E-state index >= 15 is 0 Å². The summed E-state index contributed by atoms with van der Waals surface area (Å²) in [7, 11) is 3.62. The van der Waals surface area contributed by atoms with Crippen molar-refractivity contribution in [2.75, 3.05) is 39.6 Å². The highest BCUT2D eigenvalue weighted by atomic mass is 35.5. The molecule has 134 valence electrons. The number of methoxy groups -OCH3 is 3. The fourth-order valence-electron chi connectivity index (χ4n) is 2.30. The molecule has 1 heterocycles. The van der Waals surface area contributed by atoms with Gasteiger partial charge in [0, 0.05) is 0 Å². The minimum Gasteiger partial charge on any atom is -0.466 e. The van der Waals surface area contributed by atoms with Crippen molar-refractivity contribution in [2.24, 2.45) is 0 Å². The van der Waals surface area contributed by atoms with E-state index in [0.29, 0.717) is 0 Å². The molecule has 0 radical (unpaired) electrons. The van der Waals surface area contributed by atoms with E-state index in [-0.39, 0.29) is 40.9 Å². The van der Waals surface area contributed by atoms with Gasteiger partial charge in [-0.2, -0.15) is 0 Å². The number of esters is 3. The average molecular weight is 370 g/mol. The van der Waals surface area contributed by atoms with Crippen molar-refractivity contribution in [3.05, 3.63) is 40.1 Å². The standard InChI is InChI=1S/C16H16ClNO7/c1-22-14(19)9-4-5-11(17)12(6-9)18-8-25-7-10(15(20)23-2)13(18)16(21)24-3/h4-6H,7-8H2,1-3H3. The molecule has 1 aromatic carbocycles. The molecule has 9 heteroatoms. The molecule has 0 spiro atoms. The first-order valence-corrected chi connectivity index (χ1v) is 7.45. The van der Waals surface area contributed by atoms with Gasteiger partial charge in [-0.3, -0.25) is 0 Å².